The van der Waals surface area contributed by atoms with E-state index in [4.69, 9.17) is 4.42 Å². The van der Waals surface area contributed by atoms with Gasteiger partial charge < -0.3 is 9.52 Å². The molecule has 1 N–H and O–H groups in total. The number of rotatable bonds is 11. The van der Waals surface area contributed by atoms with Crippen molar-refractivity contribution in [2.24, 2.45) is 16.7 Å². The summed E-state index contributed by atoms with van der Waals surface area (Å²) in [5.74, 6) is 0.869. The van der Waals surface area contributed by atoms with Crippen molar-refractivity contribution in [3.8, 4) is 22.5 Å². The largest absolute Gasteiger partial charge is 0.512 e. The second kappa shape index (κ2) is 17.3. The third-order valence-electron chi connectivity index (χ3n) is 10.7. The Labute approximate surface area is 319 Å². The second-order valence-electron chi connectivity index (χ2n) is 15.6. The first-order valence-corrected chi connectivity index (χ1v) is 18.3. The van der Waals surface area contributed by atoms with E-state index in [1.165, 1.54) is 22.6 Å². The molecule has 0 unspecified atom stereocenters. The molecule has 51 heavy (non-hydrogen) atoms. The molecule has 0 spiro atoms. The van der Waals surface area contributed by atoms with Crippen LogP contribution < -0.4 is 0 Å². The van der Waals surface area contributed by atoms with Crippen molar-refractivity contribution in [2.45, 2.75) is 114 Å². The normalized spacial score (nSPS) is 12.5. The van der Waals surface area contributed by atoms with Crippen molar-refractivity contribution in [1.29, 1.82) is 0 Å². The number of hydrogen-bond donors (Lipinski definition) is 1. The summed E-state index contributed by atoms with van der Waals surface area (Å²) in [6, 6.07) is 22.7. The average Bonchev–Trinajstić information content (AvgIpc) is 3.61. The quantitative estimate of drug-likeness (QED) is 0.0813. The second-order valence-corrected chi connectivity index (χ2v) is 15.6. The van der Waals surface area contributed by atoms with Gasteiger partial charge in [-0.05, 0) is 67.2 Å². The molecular formula is C45H57IrN2O3-. The van der Waals surface area contributed by atoms with Crippen LogP contribution in [0.25, 0.3) is 44.3 Å². The molecule has 0 atom stereocenters. The smallest absolute Gasteiger partial charge is 0.164 e. The number of benzene rings is 3. The number of allylic oxidation sites excluding steroid dienone is 2. The molecule has 0 aliphatic heterocycles. The maximum absolute atomic E-state index is 12.2. The molecule has 1 radical (unpaired) electrons. The molecule has 2 heterocycles. The van der Waals surface area contributed by atoms with Crippen molar-refractivity contribution in [1.82, 2.24) is 9.97 Å². The topological polar surface area (TPSA) is 76.2 Å². The first-order valence-electron chi connectivity index (χ1n) is 18.3. The molecule has 2 aromatic heterocycles. The molecule has 275 valence electrons. The van der Waals surface area contributed by atoms with E-state index in [1.807, 2.05) is 47.6 Å². The minimum absolute atomic E-state index is 0. The van der Waals surface area contributed by atoms with Crippen molar-refractivity contribution in [3.63, 3.8) is 0 Å². The number of aliphatic hydroxyl groups is 1. The molecule has 5 nitrogen and oxygen atoms in total. The first kappa shape index (κ1) is 41.8. The first-order chi connectivity index (χ1) is 23.6. The fraction of sp³-hybridized carbons (Fsp3) is 0.444. The molecule has 0 saturated heterocycles. The van der Waals surface area contributed by atoms with E-state index in [2.05, 4.69) is 99.2 Å². The number of hydrogen-bond acceptors (Lipinski definition) is 5. The van der Waals surface area contributed by atoms with Crippen LogP contribution in [0.2, 0.25) is 0 Å². The fourth-order valence-electron chi connectivity index (χ4n) is 6.26. The number of fused-ring (bicyclic) bond motifs is 2. The van der Waals surface area contributed by atoms with E-state index in [1.54, 1.807) is 12.6 Å². The maximum Gasteiger partial charge on any atom is 0.164 e. The summed E-state index contributed by atoms with van der Waals surface area (Å²) in [5, 5.41) is 13.6. The van der Waals surface area contributed by atoms with Crippen LogP contribution in [0.1, 0.15) is 113 Å². The predicted molar refractivity (Wildman–Crippen MR) is 209 cm³/mol. The van der Waals surface area contributed by atoms with Gasteiger partial charge in [0.05, 0.1) is 12.0 Å². The van der Waals surface area contributed by atoms with E-state index in [-0.39, 0.29) is 47.9 Å². The van der Waals surface area contributed by atoms with Crippen LogP contribution in [0.15, 0.2) is 83.4 Å². The zero-order valence-corrected chi connectivity index (χ0v) is 34.9. The van der Waals surface area contributed by atoms with Gasteiger partial charge in [-0.25, -0.2) is 4.98 Å². The van der Waals surface area contributed by atoms with Crippen LogP contribution in [0.4, 0.5) is 0 Å². The number of carbonyl (C=O) groups excluding carboxylic acids is 1. The monoisotopic (exact) mass is 866 g/mol. The van der Waals surface area contributed by atoms with Gasteiger partial charge in [-0.2, -0.15) is 0 Å². The Kier molecular flexibility index (Phi) is 14.2. The SMILES string of the molecule is CC(C)Cc1ccc(-c2cc(-c3[c-]c4ccccc4c(C(C)(C)C)c3)ncn2)c2occc12.CCC(C)(CC)C(=O)/C=C(\O)C(C)(CC)CC.[Ir]. The number of nitrogens with zero attached hydrogens (tertiary/aromatic N) is 2. The van der Waals surface area contributed by atoms with E-state index in [0.717, 1.165) is 71.0 Å². The summed E-state index contributed by atoms with van der Waals surface area (Å²) < 4.78 is 5.92. The van der Waals surface area contributed by atoms with Crippen LogP contribution in [-0.2, 0) is 36.7 Å². The molecule has 0 aliphatic carbocycles. The number of carbonyl (C=O) groups is 1. The average molecular weight is 866 g/mol. The summed E-state index contributed by atoms with van der Waals surface area (Å²) in [7, 11) is 0. The predicted octanol–water partition coefficient (Wildman–Crippen LogP) is 12.7. The van der Waals surface area contributed by atoms with Gasteiger partial charge in [0.25, 0.3) is 0 Å². The Morgan fingerprint density at radius 2 is 1.47 bits per heavy atom. The van der Waals surface area contributed by atoms with Crippen molar-refractivity contribution in [2.75, 3.05) is 0 Å². The summed E-state index contributed by atoms with van der Waals surface area (Å²) in [6.45, 7) is 23.3. The minimum atomic E-state index is -0.337. The van der Waals surface area contributed by atoms with Gasteiger partial charge in [0.1, 0.15) is 17.7 Å². The molecule has 0 fully saturated rings. The van der Waals surface area contributed by atoms with Gasteiger partial charge in [0.15, 0.2) is 5.78 Å². The van der Waals surface area contributed by atoms with E-state index < -0.39 is 0 Å². The van der Waals surface area contributed by atoms with Crippen LogP contribution >= 0.6 is 0 Å². The summed E-state index contributed by atoms with van der Waals surface area (Å²) in [5.41, 5.74) is 6.58. The van der Waals surface area contributed by atoms with Gasteiger partial charge >= 0.3 is 0 Å². The van der Waals surface area contributed by atoms with Gasteiger partial charge in [-0.3, -0.25) is 9.78 Å². The molecule has 0 aliphatic rings. The van der Waals surface area contributed by atoms with Crippen LogP contribution in [0.5, 0.6) is 0 Å². The van der Waals surface area contributed by atoms with Crippen molar-refractivity contribution >= 4 is 27.5 Å². The van der Waals surface area contributed by atoms with E-state index in [0.29, 0.717) is 5.92 Å². The Bertz CT molecular complexity index is 1960. The maximum atomic E-state index is 12.2. The summed E-state index contributed by atoms with van der Waals surface area (Å²) >= 11 is 0. The van der Waals surface area contributed by atoms with Gasteiger partial charge in [0, 0.05) is 53.7 Å². The number of ketones is 1. The number of furan rings is 1. The van der Waals surface area contributed by atoms with Crippen LogP contribution in [-0.4, -0.2) is 20.9 Å². The van der Waals surface area contributed by atoms with Crippen LogP contribution in [0, 0.1) is 22.8 Å². The van der Waals surface area contributed by atoms with Gasteiger partial charge in [-0.1, -0.05) is 111 Å². The Balaban J connectivity index is 0.000000335. The van der Waals surface area contributed by atoms with Crippen LogP contribution in [0.3, 0.4) is 0 Å². The summed E-state index contributed by atoms with van der Waals surface area (Å²) in [4.78, 5) is 21.4. The van der Waals surface area contributed by atoms with Gasteiger partial charge in [-0.15, -0.1) is 29.1 Å². The zero-order chi connectivity index (χ0) is 36.9. The molecular weight excluding hydrogens is 809 g/mol. The van der Waals surface area contributed by atoms with Crippen molar-refractivity contribution < 1.29 is 34.4 Å². The standard InChI is InChI=1S/C30H29N2O.C15H28O2.Ir/c1-19(2)14-21-10-11-25(29-24(21)12-13-33-29)28-17-27(31-18-32-28)22-15-20-8-6-7-9-23(20)26(16-22)30(3,4)5;1-7-14(5,8-2)12(16)11-13(17)15(6,9-3)10-4;/h6-13,16-19H,14H2,1-5H3;11,16H,7-10H2,1-6H3;/q-1;;/b;12-11-;. The molecule has 3 aromatic carbocycles. The van der Waals surface area contributed by atoms with Gasteiger partial charge in [0.2, 0.25) is 0 Å². The van der Waals surface area contributed by atoms with E-state index in [9.17, 15) is 9.90 Å². The Morgan fingerprint density at radius 3 is 2.08 bits per heavy atom. The summed E-state index contributed by atoms with van der Waals surface area (Å²) in [6.07, 6.45) is 9.19. The molecule has 0 saturated carbocycles. The van der Waals surface area contributed by atoms with E-state index >= 15 is 0 Å². The zero-order valence-electron chi connectivity index (χ0n) is 32.5. The van der Waals surface area contributed by atoms with Crippen molar-refractivity contribution in [3.05, 3.63) is 96.2 Å². The minimum Gasteiger partial charge on any atom is -0.512 e. The Hall–Kier alpha value is -3.60. The molecule has 5 rings (SSSR count). The Morgan fingerprint density at radius 1 is 0.843 bits per heavy atom. The third kappa shape index (κ3) is 9.45. The molecule has 0 bridgehead atoms. The molecule has 0 amide bonds. The number of aliphatic hydroxyl groups excluding tert-OH is 1. The fourth-order valence-corrected chi connectivity index (χ4v) is 6.26. The molecule has 5 aromatic rings. The number of aromatic nitrogens is 2. The molecule has 6 heteroatoms. The third-order valence-corrected chi connectivity index (χ3v) is 10.7.